The molecule has 0 N–H and O–H groups in total. The number of ketones is 1. The summed E-state index contributed by atoms with van der Waals surface area (Å²) >= 11 is 0. The summed E-state index contributed by atoms with van der Waals surface area (Å²) in [6.07, 6.45) is 112. The number of hydrogen-bond acceptors (Lipinski definition) is 2. The lowest BCUT2D eigenvalue weighted by atomic mass is 9.86. The molecule has 0 aromatic heterocycles. The molecule has 0 aromatic carbocycles. The molecule has 0 heterocycles. The molecule has 0 radical (unpaired) electrons. The Labute approximate surface area is 535 Å². The number of hydrogen-bond donors (Lipinski definition) is 0. The summed E-state index contributed by atoms with van der Waals surface area (Å²) in [6.45, 7) is 9.13. The van der Waals surface area contributed by atoms with E-state index in [1.807, 2.05) is 0 Å². The maximum atomic E-state index is 14.3. The summed E-state index contributed by atoms with van der Waals surface area (Å²) < 4.78 is 0. The van der Waals surface area contributed by atoms with Crippen LogP contribution in [0.1, 0.15) is 394 Å². The molecule has 0 aliphatic rings. The Bertz CT molecular complexity index is 1460. The molecule has 2 heteroatoms. The van der Waals surface area contributed by atoms with Crippen LogP contribution in [0.5, 0.6) is 0 Å². The van der Waals surface area contributed by atoms with Crippen molar-refractivity contribution in [2.45, 2.75) is 400 Å². The predicted octanol–water partition coefficient (Wildman–Crippen LogP) is 28.5. The molecule has 0 rings (SSSR count). The highest BCUT2D eigenvalue weighted by atomic mass is 16.1. The number of rotatable bonds is 69. The largest absolute Gasteiger partial charge is 0.300 e. The fraction of sp³-hybridized carbons (Fsp3) is 0.795. The van der Waals surface area contributed by atoms with Crippen molar-refractivity contribution >= 4 is 5.78 Å². The minimum atomic E-state index is 0.0768. The predicted molar refractivity (Wildman–Crippen MR) is 388 cm³/mol. The lowest BCUT2D eigenvalue weighted by Crippen LogP contribution is -2.36. The quantitative estimate of drug-likeness (QED) is 0.0447. The minimum Gasteiger partial charge on any atom is -0.300 e. The first kappa shape index (κ1) is 82.6. The second-order valence-corrected chi connectivity index (χ2v) is 26.7. The second-order valence-electron chi connectivity index (χ2n) is 26.7. The van der Waals surface area contributed by atoms with E-state index in [1.165, 1.54) is 327 Å². The van der Waals surface area contributed by atoms with Gasteiger partial charge in [-0.1, -0.05) is 350 Å². The first-order valence-corrected chi connectivity index (χ1v) is 38.4. The van der Waals surface area contributed by atoms with Crippen LogP contribution in [0.4, 0.5) is 0 Å². The molecule has 0 spiro atoms. The highest BCUT2D eigenvalue weighted by Gasteiger charge is 2.24. The van der Waals surface area contributed by atoms with Gasteiger partial charge in [-0.15, -0.1) is 0 Å². The third-order valence-corrected chi connectivity index (χ3v) is 18.1. The van der Waals surface area contributed by atoms with Gasteiger partial charge in [0, 0.05) is 6.42 Å². The number of nitrogens with zero attached hydrogens (tertiary/aromatic N) is 1. The van der Waals surface area contributed by atoms with Gasteiger partial charge in [-0.3, -0.25) is 9.69 Å². The molecule has 0 fully saturated rings. The molecular formula is C83H151NO. The van der Waals surface area contributed by atoms with Gasteiger partial charge >= 0.3 is 0 Å². The van der Waals surface area contributed by atoms with Crippen LogP contribution in [0.15, 0.2) is 97.2 Å². The van der Waals surface area contributed by atoms with E-state index in [0.717, 1.165) is 44.4 Å². The molecule has 85 heavy (non-hydrogen) atoms. The zero-order chi connectivity index (χ0) is 61.5. The van der Waals surface area contributed by atoms with Gasteiger partial charge in [0.1, 0.15) is 5.78 Å². The average molecular weight is 1180 g/mol. The molecular weight excluding hydrogens is 1030 g/mol. The first-order chi connectivity index (χ1) is 42.0. The Kier molecular flexibility index (Phi) is 70.2. The van der Waals surface area contributed by atoms with E-state index < -0.39 is 0 Å². The van der Waals surface area contributed by atoms with E-state index in [2.05, 4.69) is 144 Å². The van der Waals surface area contributed by atoms with E-state index in [9.17, 15) is 4.79 Å². The zero-order valence-corrected chi connectivity index (χ0v) is 58.6. The Balaban J connectivity index is 5.19. The molecule has 0 aliphatic carbocycles. The summed E-state index contributed by atoms with van der Waals surface area (Å²) in [4.78, 5) is 16.6. The average Bonchev–Trinajstić information content (AvgIpc) is 3.52. The van der Waals surface area contributed by atoms with Crippen molar-refractivity contribution in [3.63, 3.8) is 0 Å². The molecule has 0 saturated heterocycles. The van der Waals surface area contributed by atoms with Gasteiger partial charge in [-0.25, -0.2) is 0 Å². The van der Waals surface area contributed by atoms with Crippen LogP contribution in [-0.2, 0) is 4.79 Å². The maximum Gasteiger partial charge on any atom is 0.150 e. The molecule has 0 bridgehead atoms. The Morgan fingerprint density at radius 1 is 0.247 bits per heavy atom. The number of carbonyl (C=O) groups excluding carboxylic acids is 1. The summed E-state index contributed by atoms with van der Waals surface area (Å²) in [6, 6.07) is 0.0768. The van der Waals surface area contributed by atoms with E-state index >= 15 is 0 Å². The van der Waals surface area contributed by atoms with Gasteiger partial charge in [-0.05, 0) is 161 Å². The Morgan fingerprint density at radius 2 is 0.447 bits per heavy atom. The van der Waals surface area contributed by atoms with E-state index in [1.54, 1.807) is 0 Å². The standard InChI is InChI=1S/C83H151NO/c1-7-11-15-19-23-27-31-35-39-43-47-51-55-59-63-67-73-80(74-68-64-60-56-52-48-44-40-36-32-28-24-20-16-12-8-2)75-71-72-78-82(84(5)6)83(85)79-81(76-69-65-61-57-53-49-45-41-37-33-29-25-21-17-13-9-3)77-70-66-62-58-54-50-46-42-38-34-30-26-22-18-14-10-4/h23-30,35-42,80-82H,7-22,31-34,43-79H2,1-6H3/b27-23+,28-24+,29-25+,30-26+,39-35+,40-36+,41-37+,42-38+. The molecule has 494 valence electrons. The van der Waals surface area contributed by atoms with Crippen LogP contribution in [0.3, 0.4) is 0 Å². The molecule has 0 aromatic rings. The van der Waals surface area contributed by atoms with Crippen molar-refractivity contribution in [1.29, 1.82) is 0 Å². The van der Waals surface area contributed by atoms with Crippen molar-refractivity contribution in [2.75, 3.05) is 14.1 Å². The molecule has 0 saturated carbocycles. The van der Waals surface area contributed by atoms with Gasteiger partial charge in [0.2, 0.25) is 0 Å². The van der Waals surface area contributed by atoms with Crippen molar-refractivity contribution in [3.8, 4) is 0 Å². The summed E-state index contributed by atoms with van der Waals surface area (Å²) in [5, 5.41) is 0. The highest BCUT2D eigenvalue weighted by molar-refractivity contribution is 5.84. The lowest BCUT2D eigenvalue weighted by molar-refractivity contribution is -0.124. The molecule has 1 unspecified atom stereocenters. The fourth-order valence-corrected chi connectivity index (χ4v) is 12.4. The van der Waals surface area contributed by atoms with Crippen molar-refractivity contribution in [2.24, 2.45) is 11.8 Å². The topological polar surface area (TPSA) is 20.3 Å². The third kappa shape index (κ3) is 65.8. The molecule has 0 amide bonds. The number of unbranched alkanes of at least 4 members (excludes halogenated alkanes) is 37. The number of carbonyl (C=O) groups is 1. The highest BCUT2D eigenvalue weighted by Crippen LogP contribution is 2.28. The van der Waals surface area contributed by atoms with Gasteiger partial charge in [-0.2, -0.15) is 0 Å². The van der Waals surface area contributed by atoms with Crippen LogP contribution in [0, 0.1) is 11.8 Å². The number of likely N-dealkylation sites (N-methyl/N-ethyl adjacent to an activating group) is 1. The minimum absolute atomic E-state index is 0.0768. The van der Waals surface area contributed by atoms with Crippen LogP contribution in [-0.4, -0.2) is 30.8 Å². The van der Waals surface area contributed by atoms with Crippen molar-refractivity contribution in [1.82, 2.24) is 4.90 Å². The zero-order valence-electron chi connectivity index (χ0n) is 58.6. The summed E-state index contributed by atoms with van der Waals surface area (Å²) in [7, 11) is 4.37. The van der Waals surface area contributed by atoms with Crippen LogP contribution >= 0.6 is 0 Å². The Hall–Kier alpha value is -2.45. The summed E-state index contributed by atoms with van der Waals surface area (Å²) in [5.41, 5.74) is 0. The van der Waals surface area contributed by atoms with Gasteiger partial charge in [0.05, 0.1) is 6.04 Å². The SMILES string of the molecule is CCCCC/C=C/C/C=C/CCCCCCCCC(CCCCCCCC/C=C/C/C=C/CCCCC)CCCCC(C(=O)CC(CCCCCCCC/C=C/C/C=C/CCCCC)CCCCCCCC/C=C/C/C=C/CCCCC)N(C)C. The van der Waals surface area contributed by atoms with Gasteiger partial charge in [0.15, 0.2) is 0 Å². The normalized spacial score (nSPS) is 13.1. The lowest BCUT2D eigenvalue weighted by Gasteiger charge is -2.26. The van der Waals surface area contributed by atoms with Crippen molar-refractivity contribution in [3.05, 3.63) is 97.2 Å². The van der Waals surface area contributed by atoms with Crippen molar-refractivity contribution < 1.29 is 4.79 Å². The van der Waals surface area contributed by atoms with Gasteiger partial charge in [0.25, 0.3) is 0 Å². The number of Topliss-reactive ketones (excluding diaryl/α,β-unsaturated/α-hetero) is 1. The fourth-order valence-electron chi connectivity index (χ4n) is 12.4. The monoisotopic (exact) mass is 1180 g/mol. The Morgan fingerprint density at radius 3 is 0.694 bits per heavy atom. The summed E-state index contributed by atoms with van der Waals surface area (Å²) in [5.74, 6) is 1.95. The van der Waals surface area contributed by atoms with Crippen LogP contribution in [0.25, 0.3) is 0 Å². The molecule has 2 nitrogen and oxygen atoms in total. The van der Waals surface area contributed by atoms with E-state index in [0.29, 0.717) is 11.7 Å². The third-order valence-electron chi connectivity index (χ3n) is 18.1. The van der Waals surface area contributed by atoms with E-state index in [-0.39, 0.29) is 6.04 Å². The van der Waals surface area contributed by atoms with Crippen LogP contribution < -0.4 is 0 Å². The van der Waals surface area contributed by atoms with Crippen LogP contribution in [0.2, 0.25) is 0 Å². The molecule has 1 atom stereocenters. The second kappa shape index (κ2) is 72.3. The van der Waals surface area contributed by atoms with Gasteiger partial charge < -0.3 is 0 Å². The maximum absolute atomic E-state index is 14.3. The molecule has 0 aliphatic heterocycles. The smallest absolute Gasteiger partial charge is 0.150 e. The number of allylic oxidation sites excluding steroid dienone is 16. The van der Waals surface area contributed by atoms with E-state index in [4.69, 9.17) is 0 Å². The first-order valence-electron chi connectivity index (χ1n) is 38.4.